The normalized spacial score (nSPS) is 11.9. The number of nitrogens with zero attached hydrogens (tertiary/aromatic N) is 1. The summed E-state index contributed by atoms with van der Waals surface area (Å²) in [6, 6.07) is 8.78. The SMILES string of the molecule is COc1cc(C=Nc2ccc(C(=O)O)c(O)c2)ccc1O[C@H](C)C(=O)O. The van der Waals surface area contributed by atoms with Crippen molar-refractivity contribution in [2.45, 2.75) is 13.0 Å². The predicted molar refractivity (Wildman–Crippen MR) is 93.0 cm³/mol. The molecule has 0 aliphatic carbocycles. The molecule has 3 N–H and O–H groups in total. The minimum absolute atomic E-state index is 0.209. The van der Waals surface area contributed by atoms with E-state index in [1.807, 2.05) is 0 Å². The van der Waals surface area contributed by atoms with Crippen molar-refractivity contribution in [2.24, 2.45) is 4.99 Å². The van der Waals surface area contributed by atoms with Gasteiger partial charge in [0.2, 0.25) is 0 Å². The van der Waals surface area contributed by atoms with E-state index in [9.17, 15) is 14.7 Å². The van der Waals surface area contributed by atoms with Gasteiger partial charge in [-0.2, -0.15) is 0 Å². The first-order chi connectivity index (χ1) is 12.3. The van der Waals surface area contributed by atoms with Crippen LogP contribution in [0.1, 0.15) is 22.8 Å². The smallest absolute Gasteiger partial charge is 0.344 e. The molecule has 0 aliphatic heterocycles. The maximum atomic E-state index is 10.9. The van der Waals surface area contributed by atoms with Crippen LogP contribution < -0.4 is 9.47 Å². The van der Waals surface area contributed by atoms with Crippen molar-refractivity contribution in [1.82, 2.24) is 0 Å². The summed E-state index contributed by atoms with van der Waals surface area (Å²) in [6.45, 7) is 1.41. The third-order valence-corrected chi connectivity index (χ3v) is 3.41. The molecule has 2 rings (SSSR count). The average Bonchev–Trinajstić information content (AvgIpc) is 2.60. The number of ether oxygens (including phenoxy) is 2. The average molecular weight is 359 g/mol. The predicted octanol–water partition coefficient (Wildman–Crippen LogP) is 2.70. The van der Waals surface area contributed by atoms with Crippen LogP contribution in [0.2, 0.25) is 0 Å². The molecular formula is C18H17NO7. The lowest BCUT2D eigenvalue weighted by atomic mass is 10.2. The third kappa shape index (κ3) is 4.50. The molecule has 8 nitrogen and oxygen atoms in total. The Bertz CT molecular complexity index is 861. The van der Waals surface area contributed by atoms with Gasteiger partial charge < -0.3 is 24.8 Å². The van der Waals surface area contributed by atoms with E-state index in [1.54, 1.807) is 18.2 Å². The molecular weight excluding hydrogens is 342 g/mol. The first-order valence-corrected chi connectivity index (χ1v) is 7.49. The van der Waals surface area contributed by atoms with Gasteiger partial charge in [0.1, 0.15) is 11.3 Å². The van der Waals surface area contributed by atoms with Gasteiger partial charge >= 0.3 is 11.9 Å². The minimum atomic E-state index is -1.23. The number of carboxylic acid groups (broad SMARTS) is 2. The maximum absolute atomic E-state index is 10.9. The van der Waals surface area contributed by atoms with Gasteiger partial charge in [-0.1, -0.05) is 0 Å². The first kappa shape index (κ1) is 18.8. The molecule has 0 fully saturated rings. The highest BCUT2D eigenvalue weighted by molar-refractivity contribution is 5.91. The van der Waals surface area contributed by atoms with E-state index in [0.29, 0.717) is 17.0 Å². The number of aromatic carboxylic acids is 1. The van der Waals surface area contributed by atoms with Crippen molar-refractivity contribution in [3.05, 3.63) is 47.5 Å². The number of rotatable bonds is 7. The monoisotopic (exact) mass is 359 g/mol. The molecule has 26 heavy (non-hydrogen) atoms. The van der Waals surface area contributed by atoms with Crippen LogP contribution in [0.4, 0.5) is 5.69 Å². The number of aliphatic carboxylic acids is 1. The number of methoxy groups -OCH3 is 1. The van der Waals surface area contributed by atoms with Crippen LogP contribution >= 0.6 is 0 Å². The Kier molecular flexibility index (Phi) is 5.79. The molecule has 0 heterocycles. The summed E-state index contributed by atoms with van der Waals surface area (Å²) < 4.78 is 10.5. The summed E-state index contributed by atoms with van der Waals surface area (Å²) in [5.74, 6) is -2.08. The number of aromatic hydroxyl groups is 1. The summed E-state index contributed by atoms with van der Waals surface area (Å²) in [6.07, 6.45) is 0.460. The Balaban J connectivity index is 2.21. The number of phenols is 1. The molecule has 0 unspecified atom stereocenters. The van der Waals surface area contributed by atoms with E-state index < -0.39 is 18.0 Å². The second-order valence-electron chi connectivity index (χ2n) is 5.27. The summed E-state index contributed by atoms with van der Waals surface area (Å²) >= 11 is 0. The van der Waals surface area contributed by atoms with Crippen molar-refractivity contribution >= 4 is 23.8 Å². The van der Waals surface area contributed by atoms with E-state index in [4.69, 9.17) is 19.7 Å². The largest absolute Gasteiger partial charge is 0.507 e. The molecule has 0 aromatic heterocycles. The molecule has 0 aliphatic rings. The maximum Gasteiger partial charge on any atom is 0.344 e. The quantitative estimate of drug-likeness (QED) is 0.649. The number of benzene rings is 2. The lowest BCUT2D eigenvalue weighted by Gasteiger charge is -2.14. The number of hydrogen-bond acceptors (Lipinski definition) is 6. The zero-order valence-electron chi connectivity index (χ0n) is 14.0. The van der Waals surface area contributed by atoms with Crippen LogP contribution in [-0.4, -0.2) is 46.7 Å². The van der Waals surface area contributed by atoms with Crippen LogP contribution in [0.3, 0.4) is 0 Å². The fourth-order valence-electron chi connectivity index (χ4n) is 2.03. The molecule has 0 amide bonds. The number of carbonyl (C=O) groups is 2. The molecule has 0 saturated heterocycles. The zero-order chi connectivity index (χ0) is 19.3. The fraction of sp³-hybridized carbons (Fsp3) is 0.167. The van der Waals surface area contributed by atoms with Gasteiger partial charge in [0.05, 0.1) is 12.8 Å². The Morgan fingerprint density at radius 3 is 2.42 bits per heavy atom. The zero-order valence-corrected chi connectivity index (χ0v) is 14.0. The van der Waals surface area contributed by atoms with Gasteiger partial charge in [-0.25, -0.2) is 9.59 Å². The molecule has 0 bridgehead atoms. The van der Waals surface area contributed by atoms with E-state index in [1.165, 1.54) is 38.4 Å². The van der Waals surface area contributed by atoms with Crippen LogP contribution in [0.15, 0.2) is 41.4 Å². The van der Waals surface area contributed by atoms with E-state index >= 15 is 0 Å². The number of aliphatic imine (C=N–C) groups is 1. The molecule has 8 heteroatoms. The molecule has 1 atom stereocenters. The van der Waals surface area contributed by atoms with Gasteiger partial charge in [-0.15, -0.1) is 0 Å². The molecule has 2 aromatic rings. The Labute approximate surface area is 149 Å². The topological polar surface area (TPSA) is 126 Å². The first-order valence-electron chi connectivity index (χ1n) is 7.49. The second kappa shape index (κ2) is 8.02. The summed E-state index contributed by atoms with van der Waals surface area (Å²) in [5.41, 5.74) is 0.796. The van der Waals surface area contributed by atoms with Gasteiger partial charge in [0.25, 0.3) is 0 Å². The Morgan fingerprint density at radius 2 is 1.85 bits per heavy atom. The molecule has 0 spiro atoms. The second-order valence-corrected chi connectivity index (χ2v) is 5.27. The number of carboxylic acids is 2. The highest BCUT2D eigenvalue weighted by Crippen LogP contribution is 2.29. The lowest BCUT2D eigenvalue weighted by molar-refractivity contribution is -0.144. The minimum Gasteiger partial charge on any atom is -0.507 e. The molecule has 0 saturated carbocycles. The standard InChI is InChI=1S/C18H17NO7/c1-10(17(21)22)26-15-6-3-11(7-16(15)25-2)9-19-12-4-5-13(18(23)24)14(20)8-12/h3-10,20H,1-2H3,(H,21,22)(H,23,24)/t10-/m1/s1. The van der Waals surface area contributed by atoms with Gasteiger partial charge in [-0.3, -0.25) is 4.99 Å². The molecule has 2 aromatic carbocycles. The van der Waals surface area contributed by atoms with Crippen LogP contribution in [-0.2, 0) is 4.79 Å². The van der Waals surface area contributed by atoms with Crippen molar-refractivity contribution in [3.63, 3.8) is 0 Å². The van der Waals surface area contributed by atoms with Crippen molar-refractivity contribution in [1.29, 1.82) is 0 Å². The third-order valence-electron chi connectivity index (χ3n) is 3.41. The van der Waals surface area contributed by atoms with E-state index in [2.05, 4.69) is 4.99 Å². The van der Waals surface area contributed by atoms with E-state index in [-0.39, 0.29) is 17.1 Å². The van der Waals surface area contributed by atoms with Crippen molar-refractivity contribution in [2.75, 3.05) is 7.11 Å². The fourth-order valence-corrected chi connectivity index (χ4v) is 2.03. The Morgan fingerprint density at radius 1 is 1.12 bits per heavy atom. The summed E-state index contributed by atoms with van der Waals surface area (Å²) in [4.78, 5) is 25.9. The van der Waals surface area contributed by atoms with Crippen LogP contribution in [0, 0.1) is 0 Å². The lowest BCUT2D eigenvalue weighted by Crippen LogP contribution is -2.23. The van der Waals surface area contributed by atoms with Gasteiger partial charge in [-0.05, 0) is 42.8 Å². The van der Waals surface area contributed by atoms with Crippen LogP contribution in [0.5, 0.6) is 17.2 Å². The van der Waals surface area contributed by atoms with E-state index in [0.717, 1.165) is 0 Å². The highest BCUT2D eigenvalue weighted by atomic mass is 16.5. The van der Waals surface area contributed by atoms with Crippen molar-refractivity contribution < 1.29 is 34.4 Å². The van der Waals surface area contributed by atoms with Crippen LogP contribution in [0.25, 0.3) is 0 Å². The van der Waals surface area contributed by atoms with Gasteiger partial charge in [0.15, 0.2) is 17.6 Å². The summed E-state index contributed by atoms with van der Waals surface area (Å²) in [5, 5.41) is 27.5. The Hall–Kier alpha value is -3.55. The highest BCUT2D eigenvalue weighted by Gasteiger charge is 2.15. The van der Waals surface area contributed by atoms with Gasteiger partial charge in [0, 0.05) is 12.3 Å². The van der Waals surface area contributed by atoms with Crippen molar-refractivity contribution in [3.8, 4) is 17.2 Å². The molecule has 0 radical (unpaired) electrons. The summed E-state index contributed by atoms with van der Waals surface area (Å²) in [7, 11) is 1.43. The number of hydrogen-bond donors (Lipinski definition) is 3. The molecule has 136 valence electrons.